The highest BCUT2D eigenvalue weighted by Gasteiger charge is 2.27. The highest BCUT2D eigenvalue weighted by molar-refractivity contribution is 5.88. The number of rotatable bonds is 5. The van der Waals surface area contributed by atoms with Gasteiger partial charge in [-0.3, -0.25) is 0 Å². The maximum atomic E-state index is 11.2. The topological polar surface area (TPSA) is 71.5 Å². The Bertz CT molecular complexity index is 482. The van der Waals surface area contributed by atoms with Gasteiger partial charge in [0.2, 0.25) is 0 Å². The molecule has 0 amide bonds. The Labute approximate surface area is 119 Å². The van der Waals surface area contributed by atoms with Gasteiger partial charge < -0.3 is 15.2 Å². The lowest BCUT2D eigenvalue weighted by Crippen LogP contribution is -2.41. The molecule has 0 spiro atoms. The minimum absolute atomic E-state index is 0.0775. The maximum Gasteiger partial charge on any atom is 0.335 e. The number of nitrogens with one attached hydrogen (secondary N) is 1. The summed E-state index contributed by atoms with van der Waals surface area (Å²) in [5.41, 5.74) is 1.04. The smallest absolute Gasteiger partial charge is 0.335 e. The summed E-state index contributed by atoms with van der Waals surface area (Å²) in [5.74, 6) is -0.261. The summed E-state index contributed by atoms with van der Waals surface area (Å²) in [6.07, 6.45) is 3.53. The van der Waals surface area contributed by atoms with Crippen molar-refractivity contribution in [1.82, 2.24) is 4.98 Å². The summed E-state index contributed by atoms with van der Waals surface area (Å²) >= 11 is 0. The number of aromatic carboxylic acids is 1. The number of hydrogen-bond acceptors (Lipinski definition) is 4. The van der Waals surface area contributed by atoms with E-state index in [2.05, 4.69) is 24.1 Å². The first kappa shape index (κ1) is 14.8. The normalized spacial score (nSPS) is 17.7. The molecule has 0 saturated carbocycles. The number of carboxylic acids is 1. The minimum Gasteiger partial charge on any atom is -0.478 e. The van der Waals surface area contributed by atoms with E-state index >= 15 is 0 Å². The van der Waals surface area contributed by atoms with Crippen molar-refractivity contribution in [2.24, 2.45) is 0 Å². The van der Waals surface area contributed by atoms with Crippen molar-refractivity contribution in [3.8, 4) is 0 Å². The van der Waals surface area contributed by atoms with Gasteiger partial charge >= 0.3 is 5.97 Å². The van der Waals surface area contributed by atoms with Crippen LogP contribution in [0.15, 0.2) is 12.1 Å². The van der Waals surface area contributed by atoms with Crippen molar-refractivity contribution in [2.45, 2.75) is 45.1 Å². The van der Waals surface area contributed by atoms with Gasteiger partial charge in [0.05, 0.1) is 5.56 Å². The van der Waals surface area contributed by atoms with E-state index in [1.54, 1.807) is 12.1 Å². The summed E-state index contributed by atoms with van der Waals surface area (Å²) in [6, 6.07) is 3.27. The molecular weight excluding hydrogens is 256 g/mol. The lowest BCUT2D eigenvalue weighted by Gasteiger charge is -2.35. The third-order valence-electron chi connectivity index (χ3n) is 3.66. The van der Waals surface area contributed by atoms with Gasteiger partial charge in [-0.15, -0.1) is 0 Å². The van der Waals surface area contributed by atoms with Crippen molar-refractivity contribution in [2.75, 3.05) is 18.5 Å². The van der Waals surface area contributed by atoms with Crippen LogP contribution in [0.5, 0.6) is 0 Å². The summed E-state index contributed by atoms with van der Waals surface area (Å²) in [4.78, 5) is 15.7. The SMILES string of the molecule is CCCc1cc(C(=O)O)cc(NC2(C)CCOCC2)n1. The van der Waals surface area contributed by atoms with Gasteiger partial charge in [0, 0.05) is 24.4 Å². The van der Waals surface area contributed by atoms with Gasteiger partial charge in [0.15, 0.2) is 0 Å². The van der Waals surface area contributed by atoms with Crippen LogP contribution in [0.1, 0.15) is 49.2 Å². The molecule has 0 aliphatic carbocycles. The molecule has 2 N–H and O–H groups in total. The van der Waals surface area contributed by atoms with Crippen LogP contribution in [0.2, 0.25) is 0 Å². The molecule has 1 aliphatic heterocycles. The van der Waals surface area contributed by atoms with Gasteiger partial charge in [0.25, 0.3) is 0 Å². The lowest BCUT2D eigenvalue weighted by atomic mass is 9.92. The highest BCUT2D eigenvalue weighted by Crippen LogP contribution is 2.25. The van der Waals surface area contributed by atoms with E-state index in [9.17, 15) is 9.90 Å². The van der Waals surface area contributed by atoms with E-state index in [0.29, 0.717) is 11.4 Å². The fraction of sp³-hybridized carbons (Fsp3) is 0.600. The van der Waals surface area contributed by atoms with E-state index in [1.165, 1.54) is 0 Å². The Kier molecular flexibility index (Phi) is 4.60. The van der Waals surface area contributed by atoms with Crippen molar-refractivity contribution in [3.63, 3.8) is 0 Å². The number of pyridine rings is 1. The van der Waals surface area contributed by atoms with E-state index in [-0.39, 0.29) is 5.54 Å². The molecule has 1 fully saturated rings. The van der Waals surface area contributed by atoms with Gasteiger partial charge in [-0.05, 0) is 38.3 Å². The molecule has 0 aromatic carbocycles. The standard InChI is InChI=1S/C15H22N2O3/c1-3-4-12-9-11(14(18)19)10-13(16-12)17-15(2)5-7-20-8-6-15/h9-10H,3-8H2,1-2H3,(H,16,17)(H,18,19). The second-order valence-electron chi connectivity index (χ2n) is 5.59. The molecule has 1 saturated heterocycles. The zero-order valence-electron chi connectivity index (χ0n) is 12.1. The number of carboxylic acid groups (broad SMARTS) is 1. The number of aromatic nitrogens is 1. The maximum absolute atomic E-state index is 11.2. The Balaban J connectivity index is 2.23. The number of anilines is 1. The number of nitrogens with zero attached hydrogens (tertiary/aromatic N) is 1. The first-order valence-corrected chi connectivity index (χ1v) is 7.12. The van der Waals surface area contributed by atoms with E-state index in [0.717, 1.165) is 44.6 Å². The molecule has 0 bridgehead atoms. The summed E-state index contributed by atoms with van der Waals surface area (Å²) in [7, 11) is 0. The number of ether oxygens (including phenoxy) is 1. The summed E-state index contributed by atoms with van der Waals surface area (Å²) < 4.78 is 5.37. The molecule has 1 aromatic rings. The first-order valence-electron chi connectivity index (χ1n) is 7.12. The Morgan fingerprint density at radius 3 is 2.75 bits per heavy atom. The van der Waals surface area contributed by atoms with Crippen LogP contribution in [-0.2, 0) is 11.2 Å². The van der Waals surface area contributed by atoms with Crippen molar-refractivity contribution in [3.05, 3.63) is 23.4 Å². The third-order valence-corrected chi connectivity index (χ3v) is 3.66. The fourth-order valence-electron chi connectivity index (χ4n) is 2.42. The predicted octanol–water partition coefficient (Wildman–Crippen LogP) is 2.71. The number of carbonyl (C=O) groups is 1. The zero-order valence-corrected chi connectivity index (χ0v) is 12.1. The van der Waals surface area contributed by atoms with Crippen molar-refractivity contribution in [1.29, 1.82) is 0 Å². The van der Waals surface area contributed by atoms with Crippen LogP contribution >= 0.6 is 0 Å². The summed E-state index contributed by atoms with van der Waals surface area (Å²) in [6.45, 7) is 5.64. The molecule has 5 heteroatoms. The molecule has 0 unspecified atom stereocenters. The largest absolute Gasteiger partial charge is 0.478 e. The second-order valence-corrected chi connectivity index (χ2v) is 5.59. The van der Waals surface area contributed by atoms with Gasteiger partial charge in [-0.1, -0.05) is 13.3 Å². The van der Waals surface area contributed by atoms with Crippen molar-refractivity contribution >= 4 is 11.8 Å². The Morgan fingerprint density at radius 2 is 2.15 bits per heavy atom. The highest BCUT2D eigenvalue weighted by atomic mass is 16.5. The first-order chi connectivity index (χ1) is 9.52. The van der Waals surface area contributed by atoms with Crippen LogP contribution in [0.25, 0.3) is 0 Å². The average Bonchev–Trinajstić information content (AvgIpc) is 2.39. The Hall–Kier alpha value is -1.62. The van der Waals surface area contributed by atoms with Crippen LogP contribution in [0.4, 0.5) is 5.82 Å². The van der Waals surface area contributed by atoms with E-state index < -0.39 is 5.97 Å². The number of hydrogen-bond donors (Lipinski definition) is 2. The van der Waals surface area contributed by atoms with Gasteiger partial charge in [-0.2, -0.15) is 0 Å². The second kappa shape index (κ2) is 6.22. The van der Waals surface area contributed by atoms with Gasteiger partial charge in [0.1, 0.15) is 5.82 Å². The van der Waals surface area contributed by atoms with Crippen molar-refractivity contribution < 1.29 is 14.6 Å². The Morgan fingerprint density at radius 1 is 1.45 bits per heavy atom. The average molecular weight is 278 g/mol. The predicted molar refractivity (Wildman–Crippen MR) is 77.3 cm³/mol. The van der Waals surface area contributed by atoms with Crippen LogP contribution < -0.4 is 5.32 Å². The van der Waals surface area contributed by atoms with Crippen LogP contribution in [0.3, 0.4) is 0 Å². The molecular formula is C15H22N2O3. The zero-order chi connectivity index (χ0) is 14.6. The molecule has 0 radical (unpaired) electrons. The monoisotopic (exact) mass is 278 g/mol. The molecule has 1 aliphatic rings. The molecule has 2 heterocycles. The van der Waals surface area contributed by atoms with E-state index in [4.69, 9.17) is 4.74 Å². The molecule has 5 nitrogen and oxygen atoms in total. The van der Waals surface area contributed by atoms with Crippen LogP contribution in [-0.4, -0.2) is 34.8 Å². The number of aryl methyl sites for hydroxylation is 1. The molecule has 2 rings (SSSR count). The van der Waals surface area contributed by atoms with Crippen LogP contribution in [0, 0.1) is 0 Å². The molecule has 20 heavy (non-hydrogen) atoms. The molecule has 110 valence electrons. The van der Waals surface area contributed by atoms with E-state index in [1.807, 2.05) is 0 Å². The fourth-order valence-corrected chi connectivity index (χ4v) is 2.42. The minimum atomic E-state index is -0.912. The molecule has 0 atom stereocenters. The van der Waals surface area contributed by atoms with Gasteiger partial charge in [-0.25, -0.2) is 9.78 Å². The summed E-state index contributed by atoms with van der Waals surface area (Å²) in [5, 5.41) is 12.6. The lowest BCUT2D eigenvalue weighted by molar-refractivity contribution is 0.0655. The third kappa shape index (κ3) is 3.70. The molecule has 1 aromatic heterocycles. The quantitative estimate of drug-likeness (QED) is 0.866.